The molecule has 7 heterocycles. The van der Waals surface area contributed by atoms with Crippen molar-refractivity contribution in [1.82, 2.24) is 13.7 Å². The molecule has 0 atom stereocenters. The minimum Gasteiger partial charge on any atom is -0.458 e. The van der Waals surface area contributed by atoms with Crippen molar-refractivity contribution >= 4 is 123 Å². The Balaban J connectivity index is 0.874. The van der Waals surface area contributed by atoms with Gasteiger partial charge in [0.2, 0.25) is 0 Å². The van der Waals surface area contributed by atoms with E-state index in [4.69, 9.17) is 18.9 Å². The van der Waals surface area contributed by atoms with Crippen LogP contribution < -0.4 is 51.7 Å². The van der Waals surface area contributed by atoms with E-state index in [2.05, 4.69) is 214 Å². The zero-order valence-corrected chi connectivity index (χ0v) is 45.4. The number of para-hydroxylation sites is 6. The molecule has 19 rings (SSSR count). The van der Waals surface area contributed by atoms with E-state index in [0.29, 0.717) is 5.56 Å². The maximum absolute atomic E-state index is 9.54. The van der Waals surface area contributed by atoms with Gasteiger partial charge in [0.25, 0.3) is 13.4 Å². The van der Waals surface area contributed by atoms with Gasteiger partial charge in [-0.3, -0.25) is 0 Å². The van der Waals surface area contributed by atoms with Gasteiger partial charge in [-0.1, -0.05) is 133 Å². The first-order valence-corrected chi connectivity index (χ1v) is 29.1. The fourth-order valence-electron chi connectivity index (χ4n) is 14.3. The first-order valence-electron chi connectivity index (χ1n) is 28.2. The van der Waals surface area contributed by atoms with E-state index in [0.717, 1.165) is 171 Å². The molecule has 11 heteroatoms. The maximum Gasteiger partial charge on any atom is 0.260 e. The number of nitrogens with zero attached hydrogens (tertiary/aromatic N) is 4. The van der Waals surface area contributed by atoms with Gasteiger partial charge in [0.15, 0.2) is 0 Å². The van der Waals surface area contributed by atoms with Crippen LogP contribution in [-0.4, -0.2) is 27.1 Å². The fraction of sp³-hybridized carbons (Fsp3) is 0. The zero-order valence-electron chi connectivity index (χ0n) is 44.6. The van der Waals surface area contributed by atoms with Gasteiger partial charge < -0.3 is 32.6 Å². The Kier molecular flexibility index (Phi) is 9.36. The molecule has 15 aromatic rings. The van der Waals surface area contributed by atoms with Crippen LogP contribution in [0.25, 0.3) is 82.5 Å². The lowest BCUT2D eigenvalue weighted by Crippen LogP contribution is -2.57. The lowest BCUT2D eigenvalue weighted by atomic mass is 9.35. The van der Waals surface area contributed by atoms with E-state index in [1.807, 2.05) is 48.5 Å². The van der Waals surface area contributed by atoms with Crippen LogP contribution in [0.1, 0.15) is 5.56 Å². The second-order valence-corrected chi connectivity index (χ2v) is 23.3. The largest absolute Gasteiger partial charge is 0.458 e. The second-order valence-electron chi connectivity index (χ2n) is 22.1. The quantitative estimate of drug-likeness (QED) is 0.160. The molecule has 12 aromatic carbocycles. The summed E-state index contributed by atoms with van der Waals surface area (Å²) in [5, 5.41) is 16.3. The number of fused-ring (bicyclic) bond motifs is 19. The number of rotatable bonds is 5. The standard InChI is InChI=1S/C73H40B2N4O4S/c76-41-42-25-29-46(30-26-42)84-47-31-27-43(28-32-47)79-72-48(33-35-58-68(72)50-13-1-7-19-56(50)77(58)44-37-64-70-65(38-44)81-61-22-10-4-16-53(61)74(70)52-15-3-9-21-60(52)80-64)49-34-36-59-69(73(49)79)51-14-2-8-20-57(51)78(59)45-39-66-71-67(40-45)83-63-24-12-6-18-55(63)75(71)54-17-5-11-23-62(54)82-66/h1-40H. The summed E-state index contributed by atoms with van der Waals surface area (Å²) >= 11 is 1.68. The molecule has 0 amide bonds. The molecule has 0 spiro atoms. The van der Waals surface area contributed by atoms with Gasteiger partial charge in [0, 0.05) is 83.0 Å². The third-order valence-electron chi connectivity index (χ3n) is 17.7. The topological polar surface area (TPSA) is 75.5 Å². The molecule has 0 bridgehead atoms. The number of hydrogen-bond donors (Lipinski definition) is 0. The third kappa shape index (κ3) is 6.34. The van der Waals surface area contributed by atoms with Crippen molar-refractivity contribution in [2.75, 3.05) is 0 Å². The van der Waals surface area contributed by atoms with Gasteiger partial charge in [-0.25, -0.2) is 0 Å². The van der Waals surface area contributed by atoms with Crippen molar-refractivity contribution < 1.29 is 18.9 Å². The van der Waals surface area contributed by atoms with Crippen LogP contribution in [0.3, 0.4) is 0 Å². The Morgan fingerprint density at radius 3 is 1.10 bits per heavy atom. The Labute approximate surface area is 485 Å². The summed E-state index contributed by atoms with van der Waals surface area (Å²) in [5.41, 5.74) is 16.6. The average Bonchev–Trinajstić information content (AvgIpc) is 1.84. The SMILES string of the molecule is N#Cc1ccc(Sc2ccc(-n3c4c(ccc5c4c4ccccc4n5-c4cc5c6c(c4)Oc4ccccc4B6c4ccccc4O5)c4ccc5c(c6ccccc6n5-c5cc6c7c(c5)Oc5ccccc5B7c5ccccc5O6)c43)cc2)cc1. The van der Waals surface area contributed by atoms with Crippen LogP contribution in [0.2, 0.25) is 0 Å². The Morgan fingerprint density at radius 2 is 0.690 bits per heavy atom. The summed E-state index contributed by atoms with van der Waals surface area (Å²) in [4.78, 5) is 2.16. The van der Waals surface area contributed by atoms with Gasteiger partial charge in [-0.2, -0.15) is 5.26 Å². The molecule has 0 saturated carbocycles. The number of nitriles is 1. The number of hydrogen-bond acceptors (Lipinski definition) is 6. The van der Waals surface area contributed by atoms with Crippen LogP contribution in [0.15, 0.2) is 252 Å². The predicted octanol–water partition coefficient (Wildman–Crippen LogP) is 14.5. The molecule has 4 aliphatic rings. The number of ether oxygens (including phenoxy) is 4. The van der Waals surface area contributed by atoms with Crippen LogP contribution in [0, 0.1) is 11.3 Å². The molecular formula is C73H40B2N4O4S. The van der Waals surface area contributed by atoms with E-state index in [1.54, 1.807) is 11.8 Å². The lowest BCUT2D eigenvalue weighted by Gasteiger charge is -2.33. The summed E-state index contributed by atoms with van der Waals surface area (Å²) in [5.74, 6) is 6.56. The molecule has 0 radical (unpaired) electrons. The van der Waals surface area contributed by atoms with Crippen LogP contribution >= 0.6 is 11.8 Å². The van der Waals surface area contributed by atoms with Crippen molar-refractivity contribution in [3.8, 4) is 69.1 Å². The van der Waals surface area contributed by atoms with E-state index in [9.17, 15) is 5.26 Å². The fourth-order valence-corrected chi connectivity index (χ4v) is 15.1. The minimum atomic E-state index is -0.0340. The van der Waals surface area contributed by atoms with Gasteiger partial charge in [0.1, 0.15) is 46.0 Å². The Hall–Kier alpha value is -10.8. The molecule has 8 nitrogen and oxygen atoms in total. The van der Waals surface area contributed by atoms with E-state index < -0.39 is 0 Å². The molecular weight excluding hydrogens is 1050 g/mol. The number of benzene rings is 12. The highest BCUT2D eigenvalue weighted by Crippen LogP contribution is 2.48. The highest BCUT2D eigenvalue weighted by atomic mass is 32.2. The van der Waals surface area contributed by atoms with E-state index in [1.165, 1.54) is 0 Å². The lowest BCUT2D eigenvalue weighted by molar-refractivity contribution is 0.463. The third-order valence-corrected chi connectivity index (χ3v) is 18.8. The molecule has 0 aliphatic carbocycles. The first-order chi connectivity index (χ1) is 41.6. The molecule has 0 fully saturated rings. The monoisotopic (exact) mass is 1090 g/mol. The van der Waals surface area contributed by atoms with Gasteiger partial charge in [0.05, 0.1) is 56.1 Å². The van der Waals surface area contributed by atoms with E-state index in [-0.39, 0.29) is 13.4 Å². The minimum absolute atomic E-state index is 0.0340. The average molecular weight is 1090 g/mol. The van der Waals surface area contributed by atoms with E-state index >= 15 is 0 Å². The van der Waals surface area contributed by atoms with Crippen LogP contribution in [0.4, 0.5) is 0 Å². The highest BCUT2D eigenvalue weighted by Gasteiger charge is 2.42. The van der Waals surface area contributed by atoms with Gasteiger partial charge >= 0.3 is 0 Å². The summed E-state index contributed by atoms with van der Waals surface area (Å²) < 4.78 is 34.9. The van der Waals surface area contributed by atoms with Crippen LogP contribution in [-0.2, 0) is 0 Å². The van der Waals surface area contributed by atoms with Gasteiger partial charge in [-0.15, -0.1) is 0 Å². The molecule has 84 heavy (non-hydrogen) atoms. The Morgan fingerprint density at radius 1 is 0.321 bits per heavy atom. The summed E-state index contributed by atoms with van der Waals surface area (Å²) in [7, 11) is 0. The summed E-state index contributed by atoms with van der Waals surface area (Å²) in [6.07, 6.45) is 0. The predicted molar refractivity (Wildman–Crippen MR) is 340 cm³/mol. The molecule has 0 saturated heterocycles. The Bertz CT molecular complexity index is 5040. The van der Waals surface area contributed by atoms with Crippen molar-refractivity contribution in [2.45, 2.75) is 9.79 Å². The highest BCUT2D eigenvalue weighted by molar-refractivity contribution is 7.99. The molecule has 4 aliphatic heterocycles. The van der Waals surface area contributed by atoms with Crippen molar-refractivity contribution in [3.63, 3.8) is 0 Å². The van der Waals surface area contributed by atoms with Crippen LogP contribution in [0.5, 0.6) is 46.0 Å². The number of aromatic nitrogens is 3. The molecule has 0 unspecified atom stereocenters. The smallest absolute Gasteiger partial charge is 0.260 e. The first kappa shape index (κ1) is 45.9. The molecule has 388 valence electrons. The second kappa shape index (κ2) is 17.1. The molecule has 0 N–H and O–H groups in total. The maximum atomic E-state index is 9.54. The molecule has 3 aromatic heterocycles. The van der Waals surface area contributed by atoms with Crippen molar-refractivity contribution in [3.05, 3.63) is 248 Å². The summed E-state index contributed by atoms with van der Waals surface area (Å²) in [6, 6.07) is 88.1. The van der Waals surface area contributed by atoms with Crippen molar-refractivity contribution in [2.24, 2.45) is 0 Å². The zero-order chi connectivity index (χ0) is 54.9. The summed E-state index contributed by atoms with van der Waals surface area (Å²) in [6.45, 7) is -0.0680. The van der Waals surface area contributed by atoms with Gasteiger partial charge in [-0.05, 0) is 119 Å². The van der Waals surface area contributed by atoms with Crippen molar-refractivity contribution in [1.29, 1.82) is 5.26 Å². The normalized spacial score (nSPS) is 13.1.